The van der Waals surface area contributed by atoms with Crippen molar-refractivity contribution in [2.75, 3.05) is 10.5 Å². The Morgan fingerprint density at radius 1 is 1.71 bits per heavy atom. The third kappa shape index (κ3) is 2.81. The maximum atomic E-state index is 11.1. The molecule has 1 heterocycles. The van der Waals surface area contributed by atoms with Gasteiger partial charge in [0.05, 0.1) is 5.56 Å². The van der Waals surface area contributed by atoms with Crippen LogP contribution in [0.5, 0.6) is 0 Å². The lowest BCUT2D eigenvalue weighted by molar-refractivity contribution is 0.0697. The normalized spacial score (nSPS) is 12.1. The molecule has 0 aromatic carbocycles. The summed E-state index contributed by atoms with van der Waals surface area (Å²) in [5, 5.41) is 8.67. The van der Waals surface area contributed by atoms with Gasteiger partial charge in [-0.15, -0.1) is 0 Å². The Morgan fingerprint density at radius 3 is 3.00 bits per heavy atom. The highest BCUT2D eigenvalue weighted by molar-refractivity contribution is 7.86. The van der Waals surface area contributed by atoms with Gasteiger partial charge in [0, 0.05) is 11.9 Å². The Balaban J connectivity index is 2.83. The van der Waals surface area contributed by atoms with Gasteiger partial charge in [0.2, 0.25) is 0 Å². The van der Waals surface area contributed by atoms with Gasteiger partial charge in [-0.2, -0.15) is 0 Å². The maximum absolute atomic E-state index is 11.1. The van der Waals surface area contributed by atoms with E-state index in [0.717, 1.165) is 0 Å². The highest BCUT2D eigenvalue weighted by Crippen LogP contribution is 2.07. The zero-order chi connectivity index (χ0) is 10.6. The van der Waals surface area contributed by atoms with Crippen LogP contribution in [0, 0.1) is 0 Å². The molecule has 5 nitrogen and oxygen atoms in total. The predicted molar refractivity (Wildman–Crippen MR) is 53.5 cm³/mol. The molecule has 0 aliphatic carbocycles. The van der Waals surface area contributed by atoms with Crippen molar-refractivity contribution < 1.29 is 14.1 Å². The molecule has 1 aromatic rings. The van der Waals surface area contributed by atoms with Crippen LogP contribution in [0.4, 0.5) is 5.82 Å². The summed E-state index contributed by atoms with van der Waals surface area (Å²) in [6.07, 6.45) is 1.36. The van der Waals surface area contributed by atoms with Crippen molar-refractivity contribution in [1.29, 1.82) is 0 Å². The third-order valence-electron chi connectivity index (χ3n) is 1.49. The fourth-order valence-electron chi connectivity index (χ4n) is 0.808. The first kappa shape index (κ1) is 10.6. The summed E-state index contributed by atoms with van der Waals surface area (Å²) in [5.74, 6) is -0.276. The minimum Gasteiger partial charge on any atom is -0.478 e. The SMILES string of the molecule is CCS(=O)Nc1cc(C(=O)O)ccn1. The fourth-order valence-corrected chi connectivity index (χ4v) is 1.30. The largest absolute Gasteiger partial charge is 0.478 e. The molecule has 0 spiro atoms. The van der Waals surface area contributed by atoms with E-state index in [1.807, 2.05) is 0 Å². The molecule has 6 heteroatoms. The van der Waals surface area contributed by atoms with Crippen molar-refractivity contribution in [3.8, 4) is 0 Å². The number of aromatic nitrogens is 1. The number of hydrogen-bond acceptors (Lipinski definition) is 3. The van der Waals surface area contributed by atoms with Crippen LogP contribution in [-0.2, 0) is 11.0 Å². The van der Waals surface area contributed by atoms with Crippen LogP contribution in [0.1, 0.15) is 17.3 Å². The fraction of sp³-hybridized carbons (Fsp3) is 0.250. The van der Waals surface area contributed by atoms with Gasteiger partial charge in [0.15, 0.2) is 0 Å². The molecule has 1 aromatic heterocycles. The molecular formula is C8H10N2O3S. The van der Waals surface area contributed by atoms with Crippen LogP contribution < -0.4 is 4.72 Å². The van der Waals surface area contributed by atoms with Crippen LogP contribution in [0.15, 0.2) is 18.3 Å². The van der Waals surface area contributed by atoms with Gasteiger partial charge < -0.3 is 5.11 Å². The maximum Gasteiger partial charge on any atom is 0.335 e. The molecule has 0 saturated heterocycles. The van der Waals surface area contributed by atoms with E-state index in [4.69, 9.17) is 5.11 Å². The van der Waals surface area contributed by atoms with Crippen molar-refractivity contribution in [2.24, 2.45) is 0 Å². The first-order valence-electron chi connectivity index (χ1n) is 3.98. The Bertz CT molecular complexity index is 367. The Morgan fingerprint density at radius 2 is 2.43 bits per heavy atom. The van der Waals surface area contributed by atoms with Gasteiger partial charge in [-0.25, -0.2) is 14.0 Å². The van der Waals surface area contributed by atoms with E-state index in [2.05, 4.69) is 9.71 Å². The number of rotatable bonds is 4. The Kier molecular flexibility index (Phi) is 3.58. The van der Waals surface area contributed by atoms with Crippen LogP contribution in [0.25, 0.3) is 0 Å². The second kappa shape index (κ2) is 4.71. The molecule has 1 unspecified atom stereocenters. The molecule has 1 rings (SSSR count). The number of nitrogens with zero attached hydrogens (tertiary/aromatic N) is 1. The lowest BCUT2D eigenvalue weighted by atomic mass is 10.3. The van der Waals surface area contributed by atoms with Crippen molar-refractivity contribution in [1.82, 2.24) is 4.98 Å². The van der Waals surface area contributed by atoms with Gasteiger partial charge in [-0.05, 0) is 12.1 Å². The number of anilines is 1. The smallest absolute Gasteiger partial charge is 0.335 e. The van der Waals surface area contributed by atoms with Crippen LogP contribution >= 0.6 is 0 Å². The second-order valence-corrected chi connectivity index (χ2v) is 3.94. The number of aromatic carboxylic acids is 1. The highest BCUT2D eigenvalue weighted by atomic mass is 32.2. The highest BCUT2D eigenvalue weighted by Gasteiger charge is 2.04. The average Bonchev–Trinajstić information content (AvgIpc) is 2.18. The standard InChI is InChI=1S/C8H10N2O3S/c1-2-14(13)10-7-5-6(8(11)12)3-4-9-7/h3-5H,2H2,1H3,(H,9,10)(H,11,12). The first-order valence-corrected chi connectivity index (χ1v) is 5.29. The van der Waals surface area contributed by atoms with E-state index in [9.17, 15) is 9.00 Å². The van der Waals surface area contributed by atoms with Gasteiger partial charge in [0.25, 0.3) is 0 Å². The molecule has 14 heavy (non-hydrogen) atoms. The molecule has 0 fully saturated rings. The number of carbonyl (C=O) groups is 1. The van der Waals surface area contributed by atoms with E-state index >= 15 is 0 Å². The minimum atomic E-state index is -1.20. The van der Waals surface area contributed by atoms with Gasteiger partial charge in [-0.3, -0.25) is 4.72 Å². The van der Waals surface area contributed by atoms with Gasteiger partial charge >= 0.3 is 5.97 Å². The molecule has 0 aliphatic rings. The molecule has 0 saturated carbocycles. The van der Waals surface area contributed by atoms with Crippen LogP contribution in [-0.4, -0.2) is 26.0 Å². The van der Waals surface area contributed by atoms with Gasteiger partial charge in [0.1, 0.15) is 16.8 Å². The monoisotopic (exact) mass is 214 g/mol. The average molecular weight is 214 g/mol. The summed E-state index contributed by atoms with van der Waals surface area (Å²) in [7, 11) is -1.20. The van der Waals surface area contributed by atoms with Crippen molar-refractivity contribution in [3.63, 3.8) is 0 Å². The van der Waals surface area contributed by atoms with E-state index in [1.165, 1.54) is 18.3 Å². The first-order chi connectivity index (χ1) is 6.63. The summed E-state index contributed by atoms with van der Waals surface area (Å²) < 4.78 is 13.7. The Labute approximate surface area is 83.8 Å². The Hall–Kier alpha value is -1.43. The van der Waals surface area contributed by atoms with Gasteiger partial charge in [-0.1, -0.05) is 6.92 Å². The van der Waals surface area contributed by atoms with E-state index in [0.29, 0.717) is 11.6 Å². The molecule has 0 amide bonds. The quantitative estimate of drug-likeness (QED) is 0.779. The van der Waals surface area contributed by atoms with Crippen molar-refractivity contribution in [2.45, 2.75) is 6.92 Å². The number of nitrogens with one attached hydrogen (secondary N) is 1. The summed E-state index contributed by atoms with van der Waals surface area (Å²) in [6, 6.07) is 2.72. The summed E-state index contributed by atoms with van der Waals surface area (Å²) in [6.45, 7) is 1.75. The van der Waals surface area contributed by atoms with Crippen molar-refractivity contribution in [3.05, 3.63) is 23.9 Å². The van der Waals surface area contributed by atoms with Crippen LogP contribution in [0.2, 0.25) is 0 Å². The lowest BCUT2D eigenvalue weighted by Gasteiger charge is -2.03. The van der Waals surface area contributed by atoms with E-state index in [-0.39, 0.29) is 5.56 Å². The second-order valence-electron chi connectivity index (χ2n) is 2.47. The molecule has 1 atom stereocenters. The summed E-state index contributed by atoms with van der Waals surface area (Å²) >= 11 is 0. The van der Waals surface area contributed by atoms with Crippen molar-refractivity contribution >= 4 is 22.8 Å². The zero-order valence-corrected chi connectivity index (χ0v) is 8.37. The minimum absolute atomic E-state index is 0.121. The molecule has 0 bridgehead atoms. The predicted octanol–water partition coefficient (Wildman–Crippen LogP) is 0.875. The van der Waals surface area contributed by atoms with Crippen LogP contribution in [0.3, 0.4) is 0 Å². The number of carboxylic acid groups (broad SMARTS) is 1. The topological polar surface area (TPSA) is 79.3 Å². The molecule has 76 valence electrons. The lowest BCUT2D eigenvalue weighted by Crippen LogP contribution is -2.08. The molecular weight excluding hydrogens is 204 g/mol. The summed E-state index contributed by atoms with van der Waals surface area (Å²) in [5.41, 5.74) is 0.121. The van der Waals surface area contributed by atoms with E-state index < -0.39 is 17.0 Å². The zero-order valence-electron chi connectivity index (χ0n) is 7.56. The number of pyridine rings is 1. The number of carboxylic acids is 1. The molecule has 2 N–H and O–H groups in total. The third-order valence-corrected chi connectivity index (χ3v) is 2.45. The molecule has 0 aliphatic heterocycles. The van der Waals surface area contributed by atoms with E-state index in [1.54, 1.807) is 6.92 Å². The number of hydrogen-bond donors (Lipinski definition) is 2. The molecule has 0 radical (unpaired) electrons. The summed E-state index contributed by atoms with van der Waals surface area (Å²) in [4.78, 5) is 14.4.